The number of nitrogens with zero attached hydrogens (tertiary/aromatic N) is 1. The van der Waals surface area contributed by atoms with Crippen molar-refractivity contribution in [2.24, 2.45) is 0 Å². The van der Waals surface area contributed by atoms with Crippen LogP contribution < -0.4 is 4.90 Å². The molecule has 3 aromatic carbocycles. The molecule has 2 heterocycles. The molecule has 1 unspecified atom stereocenters. The Hall–Kier alpha value is -4.18. The van der Waals surface area contributed by atoms with Crippen molar-refractivity contribution in [3.63, 3.8) is 0 Å². The number of anilines is 1. The normalized spacial score (nSPS) is 20.2. The van der Waals surface area contributed by atoms with E-state index in [0.29, 0.717) is 34.1 Å². The molecule has 1 aliphatic carbocycles. The van der Waals surface area contributed by atoms with Gasteiger partial charge in [-0.1, -0.05) is 43.3 Å². The quantitative estimate of drug-likeness (QED) is 0.261. The van der Waals surface area contributed by atoms with Crippen LogP contribution in [0.5, 0.6) is 0 Å². The summed E-state index contributed by atoms with van der Waals surface area (Å²) >= 11 is 0. The van der Waals surface area contributed by atoms with Crippen LogP contribution in [0.3, 0.4) is 0 Å². The predicted molar refractivity (Wildman–Crippen MR) is 158 cm³/mol. The van der Waals surface area contributed by atoms with Gasteiger partial charge >= 0.3 is 0 Å². The van der Waals surface area contributed by atoms with Crippen LogP contribution in [-0.2, 0) is 4.74 Å². The molecule has 3 aliphatic rings. The largest absolute Gasteiger partial charge is 0.462 e. The van der Waals surface area contributed by atoms with Gasteiger partial charge in [-0.25, -0.2) is 0 Å². The number of carbonyl (C=O) groups excluding carboxylic acids is 2. The first kappa shape index (κ1) is 25.1. The third-order valence-electron chi connectivity index (χ3n) is 8.22. The Labute approximate surface area is 230 Å². The van der Waals surface area contributed by atoms with Crippen molar-refractivity contribution in [3.05, 3.63) is 118 Å². The van der Waals surface area contributed by atoms with Crippen molar-refractivity contribution < 1.29 is 14.3 Å². The van der Waals surface area contributed by atoms with Gasteiger partial charge in [0.25, 0.3) is 0 Å². The summed E-state index contributed by atoms with van der Waals surface area (Å²) < 4.78 is 5.97. The molecule has 4 heteroatoms. The Balaban J connectivity index is 1.34. The van der Waals surface area contributed by atoms with Gasteiger partial charge in [-0.2, -0.15) is 0 Å². The first-order valence-electron chi connectivity index (χ1n) is 13.7. The summed E-state index contributed by atoms with van der Waals surface area (Å²) in [7, 11) is 0. The van der Waals surface area contributed by atoms with Gasteiger partial charge in [0.2, 0.25) is 0 Å². The van der Waals surface area contributed by atoms with E-state index >= 15 is 0 Å². The average molecular weight is 516 g/mol. The number of hydrogen-bond acceptors (Lipinski definition) is 4. The number of rotatable bonds is 3. The second-order valence-corrected chi connectivity index (χ2v) is 11.5. The molecule has 2 aliphatic heterocycles. The van der Waals surface area contributed by atoms with E-state index < -0.39 is 0 Å². The topological polar surface area (TPSA) is 46.6 Å². The second kappa shape index (κ2) is 9.23. The molecular formula is C35H33NO3. The van der Waals surface area contributed by atoms with Gasteiger partial charge in [-0.3, -0.25) is 9.59 Å². The first-order valence-corrected chi connectivity index (χ1v) is 13.7. The Kier molecular flexibility index (Phi) is 5.95. The number of benzene rings is 3. The van der Waals surface area contributed by atoms with Crippen LogP contribution >= 0.6 is 0 Å². The fraction of sp³-hybridized carbons (Fsp3) is 0.257. The summed E-state index contributed by atoms with van der Waals surface area (Å²) in [4.78, 5) is 29.3. The summed E-state index contributed by atoms with van der Waals surface area (Å²) in [6.07, 6.45) is 8.63. The molecule has 0 spiro atoms. The number of allylic oxidation sites excluding steroid dienone is 6. The lowest BCUT2D eigenvalue weighted by molar-refractivity contribution is 0.0987. The van der Waals surface area contributed by atoms with E-state index in [1.807, 2.05) is 55.5 Å². The van der Waals surface area contributed by atoms with E-state index in [-0.39, 0.29) is 22.7 Å². The molecule has 0 saturated heterocycles. The summed E-state index contributed by atoms with van der Waals surface area (Å²) in [6, 6.07) is 18.1. The molecule has 0 aromatic heterocycles. The number of ketones is 2. The Morgan fingerprint density at radius 3 is 2.26 bits per heavy atom. The second-order valence-electron chi connectivity index (χ2n) is 11.5. The highest BCUT2D eigenvalue weighted by Crippen LogP contribution is 2.43. The van der Waals surface area contributed by atoms with Gasteiger partial charge in [-0.15, -0.1) is 0 Å². The smallest absolute Gasteiger partial charge is 0.198 e. The van der Waals surface area contributed by atoms with Gasteiger partial charge in [0.05, 0.1) is 5.57 Å². The van der Waals surface area contributed by atoms with E-state index in [1.54, 1.807) is 12.2 Å². The predicted octanol–water partition coefficient (Wildman–Crippen LogP) is 8.16. The van der Waals surface area contributed by atoms with Crippen molar-refractivity contribution in [1.82, 2.24) is 0 Å². The van der Waals surface area contributed by atoms with E-state index in [9.17, 15) is 9.59 Å². The molecule has 6 rings (SSSR count). The number of ether oxygens (including phenoxy) is 1. The number of fused-ring (bicyclic) bond motifs is 3. The van der Waals surface area contributed by atoms with Crippen LogP contribution in [0.15, 0.2) is 95.5 Å². The molecule has 4 nitrogen and oxygen atoms in total. The minimum Gasteiger partial charge on any atom is -0.462 e. The molecule has 0 amide bonds. The number of carbonyl (C=O) groups is 2. The van der Waals surface area contributed by atoms with Crippen molar-refractivity contribution in [1.29, 1.82) is 0 Å². The molecule has 39 heavy (non-hydrogen) atoms. The van der Waals surface area contributed by atoms with Gasteiger partial charge in [0.1, 0.15) is 11.5 Å². The molecule has 0 N–H and O–H groups in total. The molecule has 1 atom stereocenters. The zero-order valence-corrected chi connectivity index (χ0v) is 23.2. The van der Waals surface area contributed by atoms with Crippen LogP contribution in [-0.4, -0.2) is 23.7 Å². The Morgan fingerprint density at radius 1 is 0.949 bits per heavy atom. The molecule has 0 radical (unpaired) electrons. The lowest BCUT2D eigenvalue weighted by Gasteiger charge is -2.47. The molecule has 0 bridgehead atoms. The molecule has 0 fully saturated rings. The van der Waals surface area contributed by atoms with E-state index in [0.717, 1.165) is 29.3 Å². The minimum absolute atomic E-state index is 0.133. The highest BCUT2D eigenvalue weighted by molar-refractivity contribution is 6.41. The summed E-state index contributed by atoms with van der Waals surface area (Å²) in [5.74, 6) is 1.25. The third kappa shape index (κ3) is 4.24. The third-order valence-corrected chi connectivity index (χ3v) is 8.22. The molecular weight excluding hydrogens is 482 g/mol. The van der Waals surface area contributed by atoms with E-state index in [4.69, 9.17) is 4.74 Å². The van der Waals surface area contributed by atoms with Crippen LogP contribution in [0.4, 0.5) is 5.69 Å². The summed E-state index contributed by atoms with van der Waals surface area (Å²) in [5.41, 5.74) is 5.63. The summed E-state index contributed by atoms with van der Waals surface area (Å²) in [5, 5.41) is 1.90. The zero-order valence-electron chi connectivity index (χ0n) is 23.2. The van der Waals surface area contributed by atoms with Gasteiger partial charge in [0.15, 0.2) is 11.6 Å². The Morgan fingerprint density at radius 2 is 1.62 bits per heavy atom. The van der Waals surface area contributed by atoms with Crippen molar-refractivity contribution in [3.8, 4) is 0 Å². The highest BCUT2D eigenvalue weighted by atomic mass is 16.5. The maximum Gasteiger partial charge on any atom is 0.198 e. The van der Waals surface area contributed by atoms with E-state index in [1.165, 1.54) is 11.3 Å². The molecule has 0 saturated carbocycles. The number of Topliss-reactive ketones (excluding diaryl/α,β-unsaturated/α-hetero) is 2. The fourth-order valence-electron chi connectivity index (χ4n) is 6.53. The maximum atomic E-state index is 13.4. The zero-order chi connectivity index (χ0) is 27.5. The lowest BCUT2D eigenvalue weighted by atomic mass is 9.79. The molecule has 196 valence electrons. The van der Waals surface area contributed by atoms with Crippen LogP contribution in [0.2, 0.25) is 0 Å². The highest BCUT2D eigenvalue weighted by Gasteiger charge is 2.36. The van der Waals surface area contributed by atoms with E-state index in [2.05, 4.69) is 50.8 Å². The maximum absolute atomic E-state index is 13.4. The standard InChI is InChI=1S/C35H33NO3/c1-6-36-31-14-12-23(16-28(31)21(2)20-35(36,4)5)11-13-27-17-26(15-22(3)39-27)32-33(37)29-18-24-9-7-8-10-25(24)19-30(29)34(32)38/h7-19,21H,6,20H2,1-5H3. The SMILES string of the molecule is CCN1c2ccc(C=CC3=CC(=C4C(=O)c5cc6ccccc6cc5C4=O)C=C(C)O3)cc2C(C)CC1(C)C. The van der Waals surface area contributed by atoms with Gasteiger partial charge < -0.3 is 9.64 Å². The van der Waals surface area contributed by atoms with Gasteiger partial charge in [-0.05, 0) is 110 Å². The van der Waals surface area contributed by atoms with Crippen molar-refractivity contribution in [2.75, 3.05) is 11.4 Å². The lowest BCUT2D eigenvalue weighted by Crippen LogP contribution is -2.48. The fourth-order valence-corrected chi connectivity index (χ4v) is 6.53. The minimum atomic E-state index is -0.228. The van der Waals surface area contributed by atoms with Crippen molar-refractivity contribution in [2.45, 2.75) is 52.5 Å². The van der Waals surface area contributed by atoms with Crippen LogP contribution in [0.1, 0.15) is 78.8 Å². The van der Waals surface area contributed by atoms with Crippen LogP contribution in [0.25, 0.3) is 16.8 Å². The average Bonchev–Trinajstić information content (AvgIpc) is 3.14. The van der Waals surface area contributed by atoms with Gasteiger partial charge in [0, 0.05) is 28.9 Å². The molecule has 3 aromatic rings. The number of hydrogen-bond donors (Lipinski definition) is 0. The van der Waals surface area contributed by atoms with Crippen molar-refractivity contribution >= 4 is 34.1 Å². The first-order chi connectivity index (χ1) is 18.7. The Bertz CT molecular complexity index is 1620. The monoisotopic (exact) mass is 515 g/mol. The summed E-state index contributed by atoms with van der Waals surface area (Å²) in [6.45, 7) is 12.0. The van der Waals surface area contributed by atoms with Crippen LogP contribution in [0, 0.1) is 0 Å².